The molecule has 1 aliphatic rings. The van der Waals surface area contributed by atoms with Crippen molar-refractivity contribution < 1.29 is 9.28 Å². The first-order valence-corrected chi connectivity index (χ1v) is 13.8. The molecule has 0 aromatic rings. The second kappa shape index (κ2) is 18.2. The molecule has 4 heteroatoms. The van der Waals surface area contributed by atoms with Crippen molar-refractivity contribution in [3.05, 3.63) is 24.6 Å². The van der Waals surface area contributed by atoms with Gasteiger partial charge in [0.25, 0.3) is 0 Å². The number of unbranched alkanes of at least 4 members (excludes halogenated alkanes) is 13. The Labute approximate surface area is 199 Å². The molecule has 0 aromatic carbocycles. The Balaban J connectivity index is 2.02. The lowest BCUT2D eigenvalue weighted by Gasteiger charge is -2.41. The normalized spacial score (nSPS) is 21.2. The van der Waals surface area contributed by atoms with Crippen LogP contribution in [-0.2, 0) is 4.79 Å². The molecule has 0 radical (unpaired) electrons. The second-order valence-electron chi connectivity index (χ2n) is 9.77. The molecule has 0 saturated carbocycles. The van der Waals surface area contributed by atoms with Gasteiger partial charge in [-0.1, -0.05) is 96.1 Å². The molecule has 0 aliphatic carbocycles. The molecule has 1 rings (SSSR count). The number of carbonyl (C=O) groups excluding carboxylic acids is 1. The van der Waals surface area contributed by atoms with Gasteiger partial charge in [-0.05, 0) is 26.2 Å². The number of quaternary nitrogens is 1. The number of hydrogen-bond acceptors (Lipinski definition) is 2. The molecule has 1 heterocycles. The second-order valence-corrected chi connectivity index (χ2v) is 9.77. The molecular formula is C28H54N3O+. The fraction of sp³-hybridized carbons (Fsp3) is 0.821. The lowest BCUT2D eigenvalue weighted by molar-refractivity contribution is -0.923. The fourth-order valence-electron chi connectivity index (χ4n) is 5.04. The van der Waals surface area contributed by atoms with Crippen molar-refractivity contribution in [1.82, 2.24) is 10.6 Å². The maximum absolute atomic E-state index is 11.5. The summed E-state index contributed by atoms with van der Waals surface area (Å²) < 4.78 is 0.784. The average Bonchev–Trinajstić information content (AvgIpc) is 3.19. The van der Waals surface area contributed by atoms with Crippen LogP contribution in [0.1, 0.15) is 130 Å². The summed E-state index contributed by atoms with van der Waals surface area (Å²) in [7, 11) is 0. The number of nitrogens with zero attached hydrogens (tertiary/aromatic N) is 1. The van der Waals surface area contributed by atoms with Crippen molar-refractivity contribution in [2.24, 2.45) is 0 Å². The van der Waals surface area contributed by atoms with Crippen LogP contribution in [0, 0.1) is 0 Å². The van der Waals surface area contributed by atoms with Crippen LogP contribution in [0.15, 0.2) is 24.6 Å². The topological polar surface area (TPSA) is 41.1 Å². The molecule has 4 nitrogen and oxygen atoms in total. The Morgan fingerprint density at radius 1 is 0.906 bits per heavy atom. The SMILES string of the molecule is CCCCCCCCCCCCCCC/C=C/CCC1NC=C[N+]1(CC)C(C)NC(C)=O. The molecule has 32 heavy (non-hydrogen) atoms. The Bertz CT molecular complexity index is 531. The number of hydrogen-bond donors (Lipinski definition) is 2. The van der Waals surface area contributed by atoms with E-state index in [1.165, 1.54) is 89.9 Å². The van der Waals surface area contributed by atoms with E-state index in [0.717, 1.165) is 23.9 Å². The summed E-state index contributed by atoms with van der Waals surface area (Å²) in [5, 5.41) is 6.60. The maximum Gasteiger partial charge on any atom is 0.221 e. The highest BCUT2D eigenvalue weighted by Crippen LogP contribution is 2.25. The Morgan fingerprint density at radius 3 is 1.97 bits per heavy atom. The quantitative estimate of drug-likeness (QED) is 0.115. The molecule has 0 aromatic heterocycles. The van der Waals surface area contributed by atoms with Gasteiger partial charge in [-0.25, -0.2) is 0 Å². The minimum Gasteiger partial charge on any atom is -0.338 e. The molecule has 3 atom stereocenters. The molecular weight excluding hydrogens is 394 g/mol. The van der Waals surface area contributed by atoms with E-state index in [0.29, 0.717) is 6.17 Å². The van der Waals surface area contributed by atoms with Gasteiger partial charge >= 0.3 is 0 Å². The number of amides is 1. The van der Waals surface area contributed by atoms with Crippen LogP contribution in [0.3, 0.4) is 0 Å². The van der Waals surface area contributed by atoms with E-state index in [2.05, 4.69) is 56.0 Å². The van der Waals surface area contributed by atoms with Crippen molar-refractivity contribution in [1.29, 1.82) is 0 Å². The first kappa shape index (κ1) is 28.7. The third kappa shape index (κ3) is 11.5. The Hall–Kier alpha value is -1.29. The van der Waals surface area contributed by atoms with Gasteiger partial charge in [0.05, 0.1) is 12.7 Å². The van der Waals surface area contributed by atoms with Crippen LogP contribution >= 0.6 is 0 Å². The van der Waals surface area contributed by atoms with Gasteiger partial charge in [0.1, 0.15) is 6.20 Å². The van der Waals surface area contributed by atoms with E-state index in [1.807, 2.05) is 0 Å². The predicted octanol–water partition coefficient (Wildman–Crippen LogP) is 7.52. The predicted molar refractivity (Wildman–Crippen MR) is 139 cm³/mol. The number of allylic oxidation sites excluding steroid dienone is 2. The highest BCUT2D eigenvalue weighted by molar-refractivity contribution is 5.72. The molecule has 0 spiro atoms. The largest absolute Gasteiger partial charge is 0.338 e. The summed E-state index contributed by atoms with van der Waals surface area (Å²) in [6.45, 7) is 9.17. The Morgan fingerprint density at radius 2 is 1.44 bits per heavy atom. The van der Waals surface area contributed by atoms with Gasteiger partial charge in [-0.3, -0.25) is 9.28 Å². The lowest BCUT2D eigenvalue weighted by atomic mass is 10.0. The van der Waals surface area contributed by atoms with Crippen LogP contribution < -0.4 is 10.6 Å². The first-order valence-electron chi connectivity index (χ1n) is 13.8. The third-order valence-electron chi connectivity index (χ3n) is 7.15. The third-order valence-corrected chi connectivity index (χ3v) is 7.15. The molecule has 0 bridgehead atoms. The van der Waals surface area contributed by atoms with E-state index in [-0.39, 0.29) is 12.1 Å². The molecule has 3 unspecified atom stereocenters. The number of rotatable bonds is 20. The zero-order chi connectivity index (χ0) is 23.5. The molecule has 2 N–H and O–H groups in total. The van der Waals surface area contributed by atoms with E-state index in [4.69, 9.17) is 0 Å². The number of nitrogens with one attached hydrogen (secondary N) is 2. The molecule has 1 amide bonds. The van der Waals surface area contributed by atoms with E-state index < -0.39 is 0 Å². The van der Waals surface area contributed by atoms with Crippen LogP contribution in [-0.4, -0.2) is 29.3 Å². The van der Waals surface area contributed by atoms with Crippen molar-refractivity contribution in [3.8, 4) is 0 Å². The van der Waals surface area contributed by atoms with E-state index in [9.17, 15) is 4.79 Å². The summed E-state index contributed by atoms with van der Waals surface area (Å²) in [6.07, 6.45) is 31.2. The van der Waals surface area contributed by atoms with Crippen molar-refractivity contribution in [3.63, 3.8) is 0 Å². The van der Waals surface area contributed by atoms with Crippen LogP contribution in [0.4, 0.5) is 0 Å². The van der Waals surface area contributed by atoms with Gasteiger partial charge in [-0.15, -0.1) is 0 Å². The highest BCUT2D eigenvalue weighted by atomic mass is 16.1. The van der Waals surface area contributed by atoms with Crippen molar-refractivity contribution >= 4 is 5.91 Å². The van der Waals surface area contributed by atoms with Crippen molar-refractivity contribution in [2.45, 2.75) is 143 Å². The van der Waals surface area contributed by atoms with Gasteiger partial charge in [0.2, 0.25) is 5.91 Å². The van der Waals surface area contributed by atoms with Gasteiger partial charge in [0, 0.05) is 20.3 Å². The smallest absolute Gasteiger partial charge is 0.221 e. The Kier molecular flexibility index (Phi) is 16.3. The summed E-state index contributed by atoms with van der Waals surface area (Å²) >= 11 is 0. The van der Waals surface area contributed by atoms with E-state index in [1.54, 1.807) is 6.92 Å². The van der Waals surface area contributed by atoms with Gasteiger partial charge < -0.3 is 10.6 Å². The standard InChI is InChI=1S/C28H53N3O/c1-5-7-8-9-10-11-12-13-14-15-16-17-18-19-20-21-22-23-28-29-24-25-31(28,6-2)26(3)30-27(4)32/h20-21,24-26,28-29H,5-19,22-23H2,1-4H3/p+1/b21-20+. The zero-order valence-corrected chi connectivity index (χ0v) is 21.8. The molecule has 0 saturated heterocycles. The first-order chi connectivity index (χ1) is 15.6. The van der Waals surface area contributed by atoms with Crippen molar-refractivity contribution in [2.75, 3.05) is 6.54 Å². The summed E-state index contributed by atoms with van der Waals surface area (Å²) in [6, 6.07) is 0. The van der Waals surface area contributed by atoms with Gasteiger partial charge in [-0.2, -0.15) is 0 Å². The lowest BCUT2D eigenvalue weighted by Crippen LogP contribution is -2.62. The fourth-order valence-corrected chi connectivity index (χ4v) is 5.04. The highest BCUT2D eigenvalue weighted by Gasteiger charge is 2.41. The summed E-state index contributed by atoms with van der Waals surface area (Å²) in [4.78, 5) is 11.5. The zero-order valence-electron chi connectivity index (χ0n) is 21.8. The van der Waals surface area contributed by atoms with Crippen LogP contribution in [0.25, 0.3) is 0 Å². The molecule has 1 aliphatic heterocycles. The number of carbonyl (C=O) groups is 1. The van der Waals surface area contributed by atoms with Crippen LogP contribution in [0.5, 0.6) is 0 Å². The minimum absolute atomic E-state index is 0.0419. The van der Waals surface area contributed by atoms with Gasteiger partial charge in [0.15, 0.2) is 12.3 Å². The minimum atomic E-state index is 0.0419. The summed E-state index contributed by atoms with van der Waals surface area (Å²) in [5.41, 5.74) is 0. The molecule has 0 fully saturated rings. The average molecular weight is 449 g/mol. The van der Waals surface area contributed by atoms with Crippen LogP contribution in [0.2, 0.25) is 0 Å². The summed E-state index contributed by atoms with van der Waals surface area (Å²) in [5.74, 6) is 0.0419. The maximum atomic E-state index is 11.5. The van der Waals surface area contributed by atoms with E-state index >= 15 is 0 Å². The monoisotopic (exact) mass is 448 g/mol. The molecule has 186 valence electrons.